The predicted octanol–water partition coefficient (Wildman–Crippen LogP) is 2.38. The Balaban J connectivity index is 2.40. The fourth-order valence-corrected chi connectivity index (χ4v) is 3.31. The molecule has 0 saturated heterocycles. The van der Waals surface area contributed by atoms with Crippen molar-refractivity contribution in [1.29, 1.82) is 0 Å². The average Bonchev–Trinajstić information content (AvgIpc) is 2.76. The predicted molar refractivity (Wildman–Crippen MR) is 79.3 cm³/mol. The van der Waals surface area contributed by atoms with Gasteiger partial charge in [0.15, 0.2) is 5.82 Å². The topological polar surface area (TPSA) is 73.2 Å². The molecule has 0 aliphatic rings. The van der Waals surface area contributed by atoms with Gasteiger partial charge in [-0.2, -0.15) is 5.10 Å². The first-order valence-electron chi connectivity index (χ1n) is 5.87. The van der Waals surface area contributed by atoms with Gasteiger partial charge in [-0.1, -0.05) is 15.9 Å². The first kappa shape index (κ1) is 14.9. The van der Waals surface area contributed by atoms with Crippen molar-refractivity contribution in [2.75, 3.05) is 11.3 Å². The Kier molecular flexibility index (Phi) is 4.34. The quantitative estimate of drug-likeness (QED) is 0.889. The molecule has 0 aliphatic carbocycles. The van der Waals surface area contributed by atoms with Crippen LogP contribution in [0, 0.1) is 0 Å². The van der Waals surface area contributed by atoms with E-state index in [0.29, 0.717) is 16.8 Å². The average molecular weight is 360 g/mol. The molecule has 0 spiro atoms. The summed E-state index contributed by atoms with van der Waals surface area (Å²) in [5.74, 6) is 0.564. The minimum atomic E-state index is -3.76. The highest BCUT2D eigenvalue weighted by Gasteiger charge is 2.21. The summed E-state index contributed by atoms with van der Waals surface area (Å²) in [6.45, 7) is 2.18. The zero-order valence-electron chi connectivity index (χ0n) is 11.0. The van der Waals surface area contributed by atoms with Gasteiger partial charge in [0.05, 0.1) is 6.61 Å². The van der Waals surface area contributed by atoms with Crippen LogP contribution in [0.5, 0.6) is 5.75 Å². The number of halogens is 1. The number of aromatic nitrogens is 2. The zero-order valence-corrected chi connectivity index (χ0v) is 13.4. The summed E-state index contributed by atoms with van der Waals surface area (Å²) in [6, 6.07) is 6.41. The maximum atomic E-state index is 12.4. The van der Waals surface area contributed by atoms with E-state index < -0.39 is 10.0 Å². The first-order chi connectivity index (χ1) is 9.42. The Morgan fingerprint density at radius 3 is 2.75 bits per heavy atom. The summed E-state index contributed by atoms with van der Waals surface area (Å²) in [4.78, 5) is 0.0689. The number of hydrogen-bond donors (Lipinski definition) is 1. The van der Waals surface area contributed by atoms with E-state index in [9.17, 15) is 8.42 Å². The van der Waals surface area contributed by atoms with Crippen LogP contribution in [0.1, 0.15) is 6.92 Å². The summed E-state index contributed by atoms with van der Waals surface area (Å²) in [7, 11) is -2.05. The lowest BCUT2D eigenvalue weighted by atomic mass is 10.3. The number of rotatable bonds is 5. The Hall–Kier alpha value is -1.54. The van der Waals surface area contributed by atoms with Gasteiger partial charge in [0.25, 0.3) is 10.0 Å². The summed E-state index contributed by atoms with van der Waals surface area (Å²) < 4.78 is 34.7. The van der Waals surface area contributed by atoms with Gasteiger partial charge >= 0.3 is 0 Å². The van der Waals surface area contributed by atoms with Gasteiger partial charge in [0, 0.05) is 23.8 Å². The number of benzene rings is 1. The second kappa shape index (κ2) is 5.84. The largest absolute Gasteiger partial charge is 0.492 e. The van der Waals surface area contributed by atoms with E-state index in [2.05, 4.69) is 25.8 Å². The van der Waals surface area contributed by atoms with E-state index in [-0.39, 0.29) is 10.7 Å². The molecule has 20 heavy (non-hydrogen) atoms. The van der Waals surface area contributed by atoms with Gasteiger partial charge < -0.3 is 4.74 Å². The van der Waals surface area contributed by atoms with Gasteiger partial charge in [-0.3, -0.25) is 9.40 Å². The highest BCUT2D eigenvalue weighted by Crippen LogP contribution is 2.28. The monoisotopic (exact) mass is 359 g/mol. The van der Waals surface area contributed by atoms with Crippen LogP contribution in [-0.2, 0) is 17.1 Å². The van der Waals surface area contributed by atoms with Crippen molar-refractivity contribution in [3.63, 3.8) is 0 Å². The molecule has 0 atom stereocenters. The van der Waals surface area contributed by atoms with Gasteiger partial charge in [0.1, 0.15) is 10.6 Å². The molecular formula is C12H14BrN3O3S. The molecule has 0 saturated carbocycles. The molecule has 2 rings (SSSR count). The number of hydrogen-bond acceptors (Lipinski definition) is 4. The van der Waals surface area contributed by atoms with Crippen molar-refractivity contribution in [2.24, 2.45) is 7.05 Å². The van der Waals surface area contributed by atoms with Crippen molar-refractivity contribution in [3.05, 3.63) is 34.9 Å². The van der Waals surface area contributed by atoms with Crippen LogP contribution in [-0.4, -0.2) is 24.8 Å². The molecule has 2 aromatic rings. The van der Waals surface area contributed by atoms with Crippen LogP contribution >= 0.6 is 15.9 Å². The highest BCUT2D eigenvalue weighted by molar-refractivity contribution is 9.10. The van der Waals surface area contributed by atoms with Crippen LogP contribution in [0.3, 0.4) is 0 Å². The van der Waals surface area contributed by atoms with Crippen molar-refractivity contribution in [1.82, 2.24) is 9.78 Å². The molecule has 0 bridgehead atoms. The van der Waals surface area contributed by atoms with E-state index in [0.717, 1.165) is 0 Å². The third kappa shape index (κ3) is 3.31. The maximum Gasteiger partial charge on any atom is 0.266 e. The van der Waals surface area contributed by atoms with Crippen LogP contribution in [0.4, 0.5) is 5.82 Å². The second-order valence-corrected chi connectivity index (χ2v) is 6.57. The lowest BCUT2D eigenvalue weighted by molar-refractivity contribution is 0.331. The van der Waals surface area contributed by atoms with E-state index in [4.69, 9.17) is 4.74 Å². The molecule has 0 radical (unpaired) electrons. The lowest BCUT2D eigenvalue weighted by Crippen LogP contribution is -2.15. The molecule has 6 nitrogen and oxygen atoms in total. The molecule has 1 N–H and O–H groups in total. The van der Waals surface area contributed by atoms with Crippen molar-refractivity contribution in [2.45, 2.75) is 11.8 Å². The van der Waals surface area contributed by atoms with Crippen LogP contribution in [0.2, 0.25) is 0 Å². The summed E-state index contributed by atoms with van der Waals surface area (Å²) in [5.41, 5.74) is 0. The molecule has 0 aliphatic heterocycles. The highest BCUT2D eigenvalue weighted by atomic mass is 79.9. The molecule has 1 aromatic carbocycles. The number of nitrogens with one attached hydrogen (secondary N) is 1. The Bertz CT molecular complexity index is 712. The van der Waals surface area contributed by atoms with E-state index in [1.54, 1.807) is 38.4 Å². The molecule has 0 unspecified atom stereocenters. The minimum absolute atomic E-state index is 0.0689. The molecule has 1 aromatic heterocycles. The number of nitrogens with zero attached hydrogens (tertiary/aromatic N) is 2. The van der Waals surface area contributed by atoms with Gasteiger partial charge in [0.2, 0.25) is 0 Å². The fourth-order valence-electron chi connectivity index (χ4n) is 1.63. The van der Waals surface area contributed by atoms with E-state index >= 15 is 0 Å². The zero-order chi connectivity index (χ0) is 14.8. The lowest BCUT2D eigenvalue weighted by Gasteiger charge is -2.11. The van der Waals surface area contributed by atoms with Crippen molar-refractivity contribution in [3.8, 4) is 5.75 Å². The van der Waals surface area contributed by atoms with Crippen LogP contribution in [0.15, 0.2) is 39.8 Å². The number of sulfonamides is 1. The standard InChI is InChI=1S/C12H14BrN3O3S/c1-3-19-10-5-4-9(13)8-11(10)20(17,18)15-12-6-7-16(2)14-12/h4-8H,3H2,1-2H3,(H,14,15). The van der Waals surface area contributed by atoms with Gasteiger partial charge in [-0.15, -0.1) is 0 Å². The van der Waals surface area contributed by atoms with Gasteiger partial charge in [-0.25, -0.2) is 8.42 Å². The molecule has 8 heteroatoms. The molecule has 0 amide bonds. The fraction of sp³-hybridized carbons (Fsp3) is 0.250. The summed E-state index contributed by atoms with van der Waals surface area (Å²) in [6.07, 6.45) is 1.65. The summed E-state index contributed by atoms with van der Waals surface area (Å²) in [5, 5.41) is 3.99. The molecule has 108 valence electrons. The number of aryl methyl sites for hydroxylation is 1. The third-order valence-corrected chi connectivity index (χ3v) is 4.32. The van der Waals surface area contributed by atoms with Crippen LogP contribution < -0.4 is 9.46 Å². The van der Waals surface area contributed by atoms with E-state index in [1.807, 2.05) is 0 Å². The maximum absolute atomic E-state index is 12.4. The normalized spacial score (nSPS) is 11.3. The van der Waals surface area contributed by atoms with Crippen molar-refractivity contribution < 1.29 is 13.2 Å². The first-order valence-corrected chi connectivity index (χ1v) is 8.15. The number of ether oxygens (including phenoxy) is 1. The SMILES string of the molecule is CCOc1ccc(Br)cc1S(=O)(=O)Nc1ccn(C)n1. The van der Waals surface area contributed by atoms with Crippen LogP contribution in [0.25, 0.3) is 0 Å². The molecule has 0 fully saturated rings. The minimum Gasteiger partial charge on any atom is -0.492 e. The van der Waals surface area contributed by atoms with Gasteiger partial charge in [-0.05, 0) is 25.1 Å². The number of anilines is 1. The van der Waals surface area contributed by atoms with Crippen molar-refractivity contribution >= 4 is 31.8 Å². The van der Waals surface area contributed by atoms with E-state index in [1.165, 1.54) is 10.7 Å². The Morgan fingerprint density at radius 2 is 2.15 bits per heavy atom. The Labute approximate surface area is 125 Å². The second-order valence-electron chi connectivity index (χ2n) is 4.00. The molecule has 1 heterocycles. The molecular weight excluding hydrogens is 346 g/mol. The smallest absolute Gasteiger partial charge is 0.266 e. The summed E-state index contributed by atoms with van der Waals surface area (Å²) >= 11 is 3.26. The third-order valence-electron chi connectivity index (χ3n) is 2.45. The Morgan fingerprint density at radius 1 is 1.40 bits per heavy atom.